The third-order valence-corrected chi connectivity index (χ3v) is 3.70. The van der Waals surface area contributed by atoms with E-state index in [1.54, 1.807) is 0 Å². The smallest absolute Gasteiger partial charge is 0.416 e. The van der Waals surface area contributed by atoms with Gasteiger partial charge in [0.25, 0.3) is 0 Å². The van der Waals surface area contributed by atoms with Gasteiger partial charge in [0.2, 0.25) is 0 Å². The second kappa shape index (κ2) is 5.09. The summed E-state index contributed by atoms with van der Waals surface area (Å²) in [6.45, 7) is 0.881. The largest absolute Gasteiger partial charge is 0.506 e. The molecule has 1 saturated heterocycles. The molecular weight excluding hydrogens is 311 g/mol. The molecule has 1 fully saturated rings. The lowest BCUT2D eigenvalue weighted by Crippen LogP contribution is -2.23. The predicted octanol–water partition coefficient (Wildman–Crippen LogP) is 3.47. The van der Waals surface area contributed by atoms with Crippen LogP contribution < -0.4 is 5.32 Å². The molecule has 1 heterocycles. The normalized spacial score (nSPS) is 20.3. The summed E-state index contributed by atoms with van der Waals surface area (Å²) in [4.78, 5) is 0. The van der Waals surface area contributed by atoms with Crippen LogP contribution in [0.1, 0.15) is 24.0 Å². The van der Waals surface area contributed by atoms with Gasteiger partial charge in [-0.2, -0.15) is 13.2 Å². The first-order valence-corrected chi connectivity index (χ1v) is 6.49. The van der Waals surface area contributed by atoms with E-state index in [4.69, 9.17) is 0 Å². The van der Waals surface area contributed by atoms with Crippen LogP contribution in [0.3, 0.4) is 0 Å². The molecule has 1 aromatic rings. The van der Waals surface area contributed by atoms with Gasteiger partial charge in [-0.25, -0.2) is 0 Å². The third-order valence-electron chi connectivity index (χ3n) is 3.10. The standard InChI is InChI=1S/C12H13BrF3NO/c13-10-6-8(12(14,15)16)4-7(11(10)18)5-9-2-1-3-17-9/h4,6,9,17-18H,1-3,5H2. The first-order valence-electron chi connectivity index (χ1n) is 5.70. The molecule has 2 rings (SSSR count). The second-order valence-electron chi connectivity index (χ2n) is 4.46. The Morgan fingerprint density at radius 1 is 1.39 bits per heavy atom. The number of phenols is 1. The Hall–Kier alpha value is -0.750. The Balaban J connectivity index is 2.30. The van der Waals surface area contributed by atoms with Crippen molar-refractivity contribution in [3.8, 4) is 5.75 Å². The highest BCUT2D eigenvalue weighted by molar-refractivity contribution is 9.10. The van der Waals surface area contributed by atoms with E-state index in [0.29, 0.717) is 12.0 Å². The third kappa shape index (κ3) is 2.98. The van der Waals surface area contributed by atoms with Crippen molar-refractivity contribution in [1.82, 2.24) is 5.32 Å². The van der Waals surface area contributed by atoms with Gasteiger partial charge in [0.1, 0.15) is 5.75 Å². The quantitative estimate of drug-likeness (QED) is 0.873. The Morgan fingerprint density at radius 2 is 2.11 bits per heavy atom. The SMILES string of the molecule is Oc1c(Br)cc(C(F)(F)F)cc1CC1CCCN1. The molecule has 18 heavy (non-hydrogen) atoms. The summed E-state index contributed by atoms with van der Waals surface area (Å²) in [6, 6.07) is 2.08. The zero-order valence-corrected chi connectivity index (χ0v) is 11.1. The molecule has 100 valence electrons. The van der Waals surface area contributed by atoms with Gasteiger partial charge >= 0.3 is 6.18 Å². The molecule has 1 aliphatic rings. The number of benzene rings is 1. The van der Waals surface area contributed by atoms with E-state index in [9.17, 15) is 18.3 Å². The minimum Gasteiger partial charge on any atom is -0.506 e. The molecule has 1 atom stereocenters. The number of hydrogen-bond donors (Lipinski definition) is 2. The summed E-state index contributed by atoms with van der Waals surface area (Å²) in [5.41, 5.74) is -0.406. The molecule has 2 N–H and O–H groups in total. The first kappa shape index (κ1) is 13.7. The van der Waals surface area contributed by atoms with Crippen molar-refractivity contribution in [2.24, 2.45) is 0 Å². The van der Waals surface area contributed by atoms with Crippen molar-refractivity contribution in [3.63, 3.8) is 0 Å². The minimum absolute atomic E-state index is 0.0883. The molecule has 1 aliphatic heterocycles. The van der Waals surface area contributed by atoms with Crippen molar-refractivity contribution in [1.29, 1.82) is 0 Å². The maximum atomic E-state index is 12.7. The Bertz CT molecular complexity index is 442. The Labute approximate surface area is 111 Å². The fourth-order valence-electron chi connectivity index (χ4n) is 2.17. The van der Waals surface area contributed by atoms with Crippen LogP contribution in [0.4, 0.5) is 13.2 Å². The summed E-state index contributed by atoms with van der Waals surface area (Å²) in [6.07, 6.45) is -2.04. The van der Waals surface area contributed by atoms with Gasteiger partial charge in [0.05, 0.1) is 10.0 Å². The highest BCUT2D eigenvalue weighted by Crippen LogP contribution is 2.37. The number of phenolic OH excluding ortho intramolecular Hbond substituents is 1. The van der Waals surface area contributed by atoms with E-state index in [1.807, 2.05) is 0 Å². The molecule has 6 heteroatoms. The van der Waals surface area contributed by atoms with Gasteiger partial charge < -0.3 is 10.4 Å². The van der Waals surface area contributed by atoms with Crippen molar-refractivity contribution in [2.75, 3.05) is 6.54 Å². The number of rotatable bonds is 2. The highest BCUT2D eigenvalue weighted by Gasteiger charge is 2.32. The van der Waals surface area contributed by atoms with Crippen LogP contribution in [0.5, 0.6) is 5.75 Å². The van der Waals surface area contributed by atoms with Crippen molar-refractivity contribution in [3.05, 3.63) is 27.7 Å². The number of aromatic hydroxyl groups is 1. The van der Waals surface area contributed by atoms with E-state index in [0.717, 1.165) is 31.5 Å². The maximum absolute atomic E-state index is 12.7. The van der Waals surface area contributed by atoms with Crippen LogP contribution in [0, 0.1) is 0 Å². The topological polar surface area (TPSA) is 32.3 Å². The molecular formula is C12H13BrF3NO. The van der Waals surface area contributed by atoms with Crippen LogP contribution in [-0.2, 0) is 12.6 Å². The highest BCUT2D eigenvalue weighted by atomic mass is 79.9. The summed E-state index contributed by atoms with van der Waals surface area (Å²) in [7, 11) is 0. The zero-order chi connectivity index (χ0) is 13.3. The number of nitrogens with one attached hydrogen (secondary N) is 1. The molecule has 0 aliphatic carbocycles. The van der Waals surface area contributed by atoms with Crippen LogP contribution in [0.15, 0.2) is 16.6 Å². The van der Waals surface area contributed by atoms with Gasteiger partial charge in [0, 0.05) is 6.04 Å². The van der Waals surface area contributed by atoms with E-state index in [1.165, 1.54) is 0 Å². The summed E-state index contributed by atoms with van der Waals surface area (Å²) in [5.74, 6) is -0.100. The van der Waals surface area contributed by atoms with Gasteiger partial charge in [-0.05, 0) is 59.4 Å². The molecule has 0 spiro atoms. The average molecular weight is 324 g/mol. The van der Waals surface area contributed by atoms with Crippen LogP contribution >= 0.6 is 15.9 Å². The van der Waals surface area contributed by atoms with Gasteiger partial charge in [-0.1, -0.05) is 0 Å². The lowest BCUT2D eigenvalue weighted by atomic mass is 10.0. The van der Waals surface area contributed by atoms with Gasteiger partial charge in [-0.3, -0.25) is 0 Å². The summed E-state index contributed by atoms with van der Waals surface area (Å²) >= 11 is 2.97. The molecule has 1 aromatic carbocycles. The number of hydrogen-bond acceptors (Lipinski definition) is 2. The van der Waals surface area contributed by atoms with Crippen molar-refractivity contribution in [2.45, 2.75) is 31.5 Å². The monoisotopic (exact) mass is 323 g/mol. The van der Waals surface area contributed by atoms with Crippen molar-refractivity contribution >= 4 is 15.9 Å². The molecule has 0 amide bonds. The first-order chi connectivity index (χ1) is 8.38. The maximum Gasteiger partial charge on any atom is 0.416 e. The molecule has 1 unspecified atom stereocenters. The average Bonchev–Trinajstić information content (AvgIpc) is 2.75. The van der Waals surface area contributed by atoms with Crippen molar-refractivity contribution < 1.29 is 18.3 Å². The fraction of sp³-hybridized carbons (Fsp3) is 0.500. The van der Waals surface area contributed by atoms with Crippen LogP contribution in [0.25, 0.3) is 0 Å². The molecule has 0 saturated carbocycles. The number of alkyl halides is 3. The van der Waals surface area contributed by atoms with E-state index >= 15 is 0 Å². The van der Waals surface area contributed by atoms with E-state index < -0.39 is 11.7 Å². The number of halogens is 4. The fourth-order valence-corrected chi connectivity index (χ4v) is 2.67. The van der Waals surface area contributed by atoms with Gasteiger partial charge in [0.15, 0.2) is 0 Å². The van der Waals surface area contributed by atoms with Gasteiger partial charge in [-0.15, -0.1) is 0 Å². The molecule has 0 bridgehead atoms. The lowest BCUT2D eigenvalue weighted by Gasteiger charge is -2.15. The second-order valence-corrected chi connectivity index (χ2v) is 5.32. The lowest BCUT2D eigenvalue weighted by molar-refractivity contribution is -0.137. The molecule has 0 radical (unpaired) electrons. The molecule has 0 aromatic heterocycles. The Morgan fingerprint density at radius 3 is 2.67 bits per heavy atom. The molecule has 2 nitrogen and oxygen atoms in total. The van der Waals surface area contributed by atoms with E-state index in [-0.39, 0.29) is 16.3 Å². The predicted molar refractivity (Wildman–Crippen MR) is 65.5 cm³/mol. The Kier molecular flexibility index (Phi) is 3.87. The van der Waals surface area contributed by atoms with E-state index in [2.05, 4.69) is 21.2 Å². The van der Waals surface area contributed by atoms with Crippen LogP contribution in [-0.4, -0.2) is 17.7 Å². The summed E-state index contributed by atoms with van der Waals surface area (Å²) < 4.78 is 38.1. The zero-order valence-electron chi connectivity index (χ0n) is 9.52. The van der Waals surface area contributed by atoms with Crippen LogP contribution in [0.2, 0.25) is 0 Å². The minimum atomic E-state index is -4.39. The summed E-state index contributed by atoms with van der Waals surface area (Å²) in [5, 5.41) is 13.0.